The molecule has 1 amide bonds. The maximum Gasteiger partial charge on any atom is 0.234 e. The average Bonchev–Trinajstić information content (AvgIpc) is 3.20. The predicted molar refractivity (Wildman–Crippen MR) is 89.0 cm³/mol. The number of hydrogen-bond acceptors (Lipinski definition) is 6. The Labute approximate surface area is 145 Å². The van der Waals surface area contributed by atoms with Crippen molar-refractivity contribution in [3.63, 3.8) is 0 Å². The van der Waals surface area contributed by atoms with E-state index >= 15 is 0 Å². The highest BCUT2D eigenvalue weighted by molar-refractivity contribution is 5.76. The third-order valence-electron chi connectivity index (χ3n) is 4.74. The Morgan fingerprint density at radius 2 is 2.12 bits per heavy atom. The summed E-state index contributed by atoms with van der Waals surface area (Å²) in [6.45, 7) is 2.56. The van der Waals surface area contributed by atoms with Crippen molar-refractivity contribution in [2.24, 2.45) is 0 Å². The Morgan fingerprint density at radius 3 is 2.76 bits per heavy atom. The van der Waals surface area contributed by atoms with E-state index in [0.717, 1.165) is 18.6 Å². The van der Waals surface area contributed by atoms with Gasteiger partial charge in [0, 0.05) is 44.9 Å². The number of hydrogen-bond donors (Lipinski definition) is 0. The maximum atomic E-state index is 12.3. The molecule has 0 bridgehead atoms. The van der Waals surface area contributed by atoms with E-state index in [1.165, 1.54) is 0 Å². The summed E-state index contributed by atoms with van der Waals surface area (Å²) in [7, 11) is 0. The SMILES string of the molecule is N#Cc1nc(C2CC2)oc1N1CCN(C(=O)CCc2ccco2)CC1. The fourth-order valence-corrected chi connectivity index (χ4v) is 3.12. The number of piperazine rings is 1. The monoisotopic (exact) mass is 340 g/mol. The van der Waals surface area contributed by atoms with Crippen LogP contribution in [0.2, 0.25) is 0 Å². The molecule has 2 aromatic rings. The molecule has 0 aromatic carbocycles. The lowest BCUT2D eigenvalue weighted by Gasteiger charge is -2.34. The van der Waals surface area contributed by atoms with Gasteiger partial charge < -0.3 is 18.6 Å². The van der Waals surface area contributed by atoms with Gasteiger partial charge in [0.2, 0.25) is 23.4 Å². The van der Waals surface area contributed by atoms with Crippen molar-refractivity contribution in [3.05, 3.63) is 35.7 Å². The third kappa shape index (κ3) is 3.38. The highest BCUT2D eigenvalue weighted by Crippen LogP contribution is 2.41. The first-order valence-electron chi connectivity index (χ1n) is 8.70. The number of aromatic nitrogens is 1. The number of anilines is 1. The zero-order valence-electron chi connectivity index (χ0n) is 14.0. The Kier molecular flexibility index (Phi) is 4.18. The number of carbonyl (C=O) groups excluding carboxylic acids is 1. The molecule has 7 heteroatoms. The lowest BCUT2D eigenvalue weighted by Crippen LogP contribution is -2.49. The van der Waals surface area contributed by atoms with E-state index in [0.29, 0.717) is 62.4 Å². The molecule has 0 spiro atoms. The van der Waals surface area contributed by atoms with Gasteiger partial charge in [-0.3, -0.25) is 4.79 Å². The lowest BCUT2D eigenvalue weighted by atomic mass is 10.2. The molecular weight excluding hydrogens is 320 g/mol. The van der Waals surface area contributed by atoms with Crippen molar-refractivity contribution in [3.8, 4) is 6.07 Å². The van der Waals surface area contributed by atoms with Gasteiger partial charge in [0.15, 0.2) is 0 Å². The zero-order chi connectivity index (χ0) is 17.2. The van der Waals surface area contributed by atoms with Gasteiger partial charge in [0.1, 0.15) is 11.8 Å². The van der Waals surface area contributed by atoms with Crippen LogP contribution < -0.4 is 4.90 Å². The smallest absolute Gasteiger partial charge is 0.234 e. The number of nitrogens with zero attached hydrogens (tertiary/aromatic N) is 4. The van der Waals surface area contributed by atoms with Crippen molar-refractivity contribution in [1.82, 2.24) is 9.88 Å². The molecule has 0 radical (unpaired) electrons. The van der Waals surface area contributed by atoms with Crippen LogP contribution in [0.25, 0.3) is 0 Å². The number of rotatable bonds is 5. The number of carbonyl (C=O) groups is 1. The Hall–Kier alpha value is -2.75. The molecule has 1 aliphatic heterocycles. The molecule has 0 unspecified atom stereocenters. The van der Waals surface area contributed by atoms with Crippen LogP contribution >= 0.6 is 0 Å². The first-order chi connectivity index (χ1) is 12.2. The van der Waals surface area contributed by atoms with Gasteiger partial charge in [-0.15, -0.1) is 0 Å². The van der Waals surface area contributed by atoms with E-state index in [2.05, 4.69) is 11.1 Å². The molecule has 0 atom stereocenters. The minimum absolute atomic E-state index is 0.132. The molecular formula is C18H20N4O3. The number of oxazole rings is 1. The van der Waals surface area contributed by atoms with Crippen LogP contribution in [-0.4, -0.2) is 42.0 Å². The summed E-state index contributed by atoms with van der Waals surface area (Å²) in [6.07, 6.45) is 4.87. The number of aryl methyl sites for hydroxylation is 1. The molecule has 2 aliphatic rings. The molecule has 1 aliphatic carbocycles. The largest absolute Gasteiger partial charge is 0.469 e. The Morgan fingerprint density at radius 1 is 1.32 bits per heavy atom. The highest BCUT2D eigenvalue weighted by Gasteiger charge is 2.32. The topological polar surface area (TPSA) is 86.5 Å². The van der Waals surface area contributed by atoms with Crippen LogP contribution in [0, 0.1) is 11.3 Å². The van der Waals surface area contributed by atoms with E-state index in [4.69, 9.17) is 8.83 Å². The number of amides is 1. The van der Waals surface area contributed by atoms with Gasteiger partial charge in [-0.2, -0.15) is 5.26 Å². The van der Waals surface area contributed by atoms with Gasteiger partial charge in [0.25, 0.3) is 0 Å². The fourth-order valence-electron chi connectivity index (χ4n) is 3.12. The molecule has 1 saturated heterocycles. The molecule has 1 saturated carbocycles. The van der Waals surface area contributed by atoms with E-state index in [-0.39, 0.29) is 5.91 Å². The standard InChI is InChI=1S/C18H20N4O3/c19-12-15-18(25-17(20-15)13-3-4-13)22-9-7-21(8-10-22)16(23)6-5-14-2-1-11-24-14/h1-2,11,13H,3-10H2. The molecule has 3 heterocycles. The summed E-state index contributed by atoms with van der Waals surface area (Å²) in [5.74, 6) is 2.59. The summed E-state index contributed by atoms with van der Waals surface area (Å²) in [6, 6.07) is 5.85. The molecule has 4 rings (SSSR count). The quantitative estimate of drug-likeness (QED) is 0.830. The van der Waals surface area contributed by atoms with Crippen LogP contribution in [0.4, 0.5) is 5.88 Å². The number of nitriles is 1. The number of furan rings is 1. The molecule has 2 fully saturated rings. The van der Waals surface area contributed by atoms with E-state index in [1.54, 1.807) is 6.26 Å². The van der Waals surface area contributed by atoms with Gasteiger partial charge in [-0.1, -0.05) is 0 Å². The van der Waals surface area contributed by atoms with Crippen LogP contribution in [0.5, 0.6) is 0 Å². The normalized spacial score (nSPS) is 17.6. The molecule has 25 heavy (non-hydrogen) atoms. The van der Waals surface area contributed by atoms with Crippen molar-refractivity contribution >= 4 is 11.8 Å². The van der Waals surface area contributed by atoms with Crippen LogP contribution in [0.1, 0.15) is 42.5 Å². The summed E-state index contributed by atoms with van der Waals surface area (Å²) < 4.78 is 11.1. The second kappa shape index (κ2) is 6.63. The van der Waals surface area contributed by atoms with Crippen LogP contribution in [0.3, 0.4) is 0 Å². The molecule has 0 N–H and O–H groups in total. The van der Waals surface area contributed by atoms with Crippen molar-refractivity contribution in [1.29, 1.82) is 5.26 Å². The maximum absolute atomic E-state index is 12.3. The Bertz CT molecular complexity index is 778. The van der Waals surface area contributed by atoms with Crippen LogP contribution in [-0.2, 0) is 11.2 Å². The van der Waals surface area contributed by atoms with Crippen LogP contribution in [0.15, 0.2) is 27.2 Å². The minimum Gasteiger partial charge on any atom is -0.469 e. The molecule has 2 aromatic heterocycles. The summed E-state index contributed by atoms with van der Waals surface area (Å²) >= 11 is 0. The third-order valence-corrected chi connectivity index (χ3v) is 4.74. The Balaban J connectivity index is 1.33. The summed E-state index contributed by atoms with van der Waals surface area (Å²) in [5, 5.41) is 9.29. The average molecular weight is 340 g/mol. The van der Waals surface area contributed by atoms with Gasteiger partial charge in [-0.25, -0.2) is 4.98 Å². The lowest BCUT2D eigenvalue weighted by molar-refractivity contribution is -0.131. The molecule has 130 valence electrons. The van der Waals surface area contributed by atoms with Crippen molar-refractivity contribution in [2.45, 2.75) is 31.6 Å². The summed E-state index contributed by atoms with van der Waals surface area (Å²) in [5.41, 5.74) is 0.361. The van der Waals surface area contributed by atoms with Gasteiger partial charge >= 0.3 is 0 Å². The first kappa shape index (κ1) is 15.8. The van der Waals surface area contributed by atoms with Gasteiger partial charge in [0.05, 0.1) is 6.26 Å². The van der Waals surface area contributed by atoms with E-state index < -0.39 is 0 Å². The van der Waals surface area contributed by atoms with E-state index in [1.807, 2.05) is 21.9 Å². The molecule has 7 nitrogen and oxygen atoms in total. The van der Waals surface area contributed by atoms with Crippen molar-refractivity contribution in [2.75, 3.05) is 31.1 Å². The first-order valence-corrected chi connectivity index (χ1v) is 8.70. The fraction of sp³-hybridized carbons (Fsp3) is 0.500. The van der Waals surface area contributed by atoms with Crippen molar-refractivity contribution < 1.29 is 13.6 Å². The minimum atomic E-state index is 0.132. The second-order valence-corrected chi connectivity index (χ2v) is 6.54. The predicted octanol–water partition coefficient (Wildman–Crippen LogP) is 2.30. The van der Waals surface area contributed by atoms with Gasteiger partial charge in [-0.05, 0) is 25.0 Å². The zero-order valence-corrected chi connectivity index (χ0v) is 14.0. The summed E-state index contributed by atoms with van der Waals surface area (Å²) in [4.78, 5) is 20.5. The van der Waals surface area contributed by atoms with E-state index in [9.17, 15) is 10.1 Å². The second-order valence-electron chi connectivity index (χ2n) is 6.54. The highest BCUT2D eigenvalue weighted by atomic mass is 16.4.